The van der Waals surface area contributed by atoms with E-state index in [1.165, 1.54) is 32.4 Å². The van der Waals surface area contributed by atoms with E-state index in [9.17, 15) is 0 Å². The van der Waals surface area contributed by atoms with Gasteiger partial charge < -0.3 is 20.2 Å². The summed E-state index contributed by atoms with van der Waals surface area (Å²) < 4.78 is 4.54. The minimum absolute atomic E-state index is 0.217. The molecule has 0 aliphatic carbocycles. The quantitative estimate of drug-likeness (QED) is 0.116. The van der Waals surface area contributed by atoms with Crippen molar-refractivity contribution in [3.63, 3.8) is 0 Å². The minimum Gasteiger partial charge on any atom is -0.404 e. The molecule has 0 spiro atoms. The van der Waals surface area contributed by atoms with E-state index in [2.05, 4.69) is 137 Å². The molecular weight excluding hydrogens is 661 g/mol. The molecule has 6 nitrogen and oxygen atoms in total. The molecule has 0 saturated carbocycles. The second kappa shape index (κ2) is 18.5. The van der Waals surface area contributed by atoms with E-state index in [0.717, 1.165) is 39.1 Å². The van der Waals surface area contributed by atoms with Crippen molar-refractivity contribution in [3.05, 3.63) is 195 Å². The second-order valence-corrected chi connectivity index (χ2v) is 12.3. The molecule has 3 heterocycles. The summed E-state index contributed by atoms with van der Waals surface area (Å²) in [5, 5.41) is 9.51. The molecule has 4 aromatic carbocycles. The Hall–Kier alpha value is -6.92. The number of nitrogens with zero attached hydrogens (tertiary/aromatic N) is 4. The number of para-hydroxylation sites is 2. The van der Waals surface area contributed by atoms with Gasteiger partial charge in [0.05, 0.1) is 22.2 Å². The average Bonchev–Trinajstić information content (AvgIpc) is 3.77. The number of nitrogens with one attached hydrogen (secondary N) is 1. The van der Waals surface area contributed by atoms with Gasteiger partial charge in [0.2, 0.25) is 0 Å². The summed E-state index contributed by atoms with van der Waals surface area (Å²) in [6.45, 7) is 20.4. The van der Waals surface area contributed by atoms with Crippen LogP contribution in [0, 0.1) is 0 Å². The zero-order chi connectivity index (χ0) is 38.5. The molecule has 2 aromatic heterocycles. The molecule has 6 aromatic rings. The molecule has 1 unspecified atom stereocenters. The Balaban J connectivity index is 0.000000318. The fourth-order valence-corrected chi connectivity index (χ4v) is 6.25. The van der Waals surface area contributed by atoms with Crippen LogP contribution in [0.25, 0.3) is 54.9 Å². The fraction of sp³-hybridized carbons (Fsp3) is 0.0833. The lowest BCUT2D eigenvalue weighted by Crippen LogP contribution is -2.28. The van der Waals surface area contributed by atoms with Crippen LogP contribution in [0.15, 0.2) is 205 Å². The molecule has 270 valence electrons. The monoisotopic (exact) mass is 708 g/mol. The van der Waals surface area contributed by atoms with E-state index in [-0.39, 0.29) is 6.17 Å². The van der Waals surface area contributed by atoms with Crippen LogP contribution in [0.1, 0.15) is 20.8 Å². The van der Waals surface area contributed by atoms with E-state index in [1.807, 2.05) is 51.4 Å². The molecule has 0 amide bonds. The average molecular weight is 709 g/mol. The molecule has 54 heavy (non-hydrogen) atoms. The molecule has 7 rings (SSSR count). The third-order valence-electron chi connectivity index (χ3n) is 8.95. The maximum absolute atomic E-state index is 5.29. The third kappa shape index (κ3) is 8.41. The molecule has 0 saturated heterocycles. The van der Waals surface area contributed by atoms with Crippen LogP contribution in [0.5, 0.6) is 0 Å². The Labute approximate surface area is 318 Å². The first-order valence-electron chi connectivity index (χ1n) is 17.8. The Bertz CT molecular complexity index is 2530. The highest BCUT2D eigenvalue weighted by molar-refractivity contribution is 6.19. The SMILES string of the molecule is C=C/C(=C\N=CC)C1N=CC(n2c3ccccc3c3cc4cc5c(ccn5-c5ccccc5)cc4cc32)=CN1.C=C/C=C(C=C)/C(C)=C/N.C=C/C=C\C. The summed E-state index contributed by atoms with van der Waals surface area (Å²) in [6.07, 6.45) is 23.7. The Morgan fingerprint density at radius 2 is 1.56 bits per heavy atom. The van der Waals surface area contributed by atoms with Gasteiger partial charge in [0.25, 0.3) is 0 Å². The van der Waals surface area contributed by atoms with Crippen LogP contribution in [0.3, 0.4) is 0 Å². The van der Waals surface area contributed by atoms with Crippen LogP contribution in [0.4, 0.5) is 0 Å². The Kier molecular flexibility index (Phi) is 13.2. The number of benzene rings is 4. The van der Waals surface area contributed by atoms with Crippen LogP contribution >= 0.6 is 0 Å². The largest absolute Gasteiger partial charge is 0.404 e. The van der Waals surface area contributed by atoms with Gasteiger partial charge in [-0.15, -0.1) is 0 Å². The smallest absolute Gasteiger partial charge is 0.145 e. The number of hydrogen-bond acceptors (Lipinski definition) is 4. The highest BCUT2D eigenvalue weighted by atomic mass is 15.1. The zero-order valence-electron chi connectivity index (χ0n) is 31.4. The van der Waals surface area contributed by atoms with Crippen molar-refractivity contribution in [1.82, 2.24) is 14.5 Å². The Morgan fingerprint density at radius 3 is 2.19 bits per heavy atom. The van der Waals surface area contributed by atoms with Gasteiger partial charge in [-0.3, -0.25) is 9.98 Å². The van der Waals surface area contributed by atoms with E-state index in [4.69, 9.17) is 10.7 Å². The van der Waals surface area contributed by atoms with Gasteiger partial charge in [-0.1, -0.05) is 105 Å². The number of hydrogen-bond donors (Lipinski definition) is 2. The van der Waals surface area contributed by atoms with E-state index >= 15 is 0 Å². The molecule has 0 radical (unpaired) electrons. The zero-order valence-corrected chi connectivity index (χ0v) is 31.4. The van der Waals surface area contributed by atoms with Gasteiger partial charge in [-0.05, 0) is 97.4 Å². The van der Waals surface area contributed by atoms with Crippen LogP contribution in [0.2, 0.25) is 0 Å². The second-order valence-electron chi connectivity index (χ2n) is 12.3. The standard InChI is InChI=1S/C34H27N5.C9H13N.C5H8/c1-3-23(20-35-4-2)34-36-21-28(22-37-34)39-31-13-9-8-12-29(31)30-17-26-18-32-24(16-25(26)19-33(30)39)14-15-38(32)27-10-6-5-7-11-27;1-4-6-9(5-2)8(3)7-10;1-3-5-4-2/h3-22,34,36H,1H2,2H3;4-7H,1-2,10H2,3H3;3-5H,1H2,2H3/b23-20+,35-4?;8-7+,9-6+;5-4-. The van der Waals surface area contributed by atoms with Gasteiger partial charge in [0.1, 0.15) is 6.17 Å². The lowest BCUT2D eigenvalue weighted by atomic mass is 10.0. The lowest BCUT2D eigenvalue weighted by Gasteiger charge is -2.20. The normalized spacial score (nSPS) is 14.8. The predicted octanol–water partition coefficient (Wildman–Crippen LogP) is 11.7. The Morgan fingerprint density at radius 1 is 0.815 bits per heavy atom. The van der Waals surface area contributed by atoms with E-state index < -0.39 is 0 Å². The molecule has 3 N–H and O–H groups in total. The molecular formula is C48H48N6. The van der Waals surface area contributed by atoms with Crippen molar-refractivity contribution < 1.29 is 0 Å². The molecule has 1 atom stereocenters. The summed E-state index contributed by atoms with van der Waals surface area (Å²) >= 11 is 0. The molecule has 0 bridgehead atoms. The number of fused-ring (bicyclic) bond motifs is 5. The van der Waals surface area contributed by atoms with Crippen molar-refractivity contribution in [1.29, 1.82) is 0 Å². The van der Waals surface area contributed by atoms with E-state index in [0.29, 0.717) is 0 Å². The summed E-state index contributed by atoms with van der Waals surface area (Å²) in [5.41, 5.74) is 13.9. The van der Waals surface area contributed by atoms with Gasteiger partial charge >= 0.3 is 0 Å². The maximum Gasteiger partial charge on any atom is 0.145 e. The first-order valence-corrected chi connectivity index (χ1v) is 17.8. The fourth-order valence-electron chi connectivity index (χ4n) is 6.25. The van der Waals surface area contributed by atoms with Gasteiger partial charge in [-0.25, -0.2) is 0 Å². The summed E-state index contributed by atoms with van der Waals surface area (Å²) in [6, 6.07) is 30.5. The molecule has 1 aliphatic rings. The topological polar surface area (TPSA) is 72.6 Å². The van der Waals surface area contributed by atoms with Gasteiger partial charge in [0, 0.05) is 58.4 Å². The summed E-state index contributed by atoms with van der Waals surface area (Å²) in [5.74, 6) is 0. The molecule has 0 fully saturated rings. The molecule has 6 heteroatoms. The van der Waals surface area contributed by atoms with Crippen molar-refractivity contribution in [2.24, 2.45) is 15.7 Å². The maximum atomic E-state index is 5.29. The molecule has 1 aliphatic heterocycles. The highest BCUT2D eigenvalue weighted by Crippen LogP contribution is 2.36. The van der Waals surface area contributed by atoms with E-state index in [1.54, 1.807) is 42.9 Å². The van der Waals surface area contributed by atoms with Crippen LogP contribution < -0.4 is 11.1 Å². The van der Waals surface area contributed by atoms with Crippen LogP contribution in [-0.4, -0.2) is 27.7 Å². The summed E-state index contributed by atoms with van der Waals surface area (Å²) in [7, 11) is 0. The number of aliphatic imine (C=N–C) groups is 2. The minimum atomic E-state index is -0.217. The van der Waals surface area contributed by atoms with Gasteiger partial charge in [0.15, 0.2) is 0 Å². The summed E-state index contributed by atoms with van der Waals surface area (Å²) in [4.78, 5) is 9.04. The first-order chi connectivity index (χ1) is 26.4. The van der Waals surface area contributed by atoms with Gasteiger partial charge in [-0.2, -0.15) is 0 Å². The van der Waals surface area contributed by atoms with Crippen molar-refractivity contribution >= 4 is 61.6 Å². The number of rotatable bonds is 9. The number of allylic oxidation sites excluding steroid dienone is 9. The van der Waals surface area contributed by atoms with Crippen molar-refractivity contribution in [3.8, 4) is 5.69 Å². The van der Waals surface area contributed by atoms with Crippen LogP contribution in [-0.2, 0) is 0 Å². The highest BCUT2D eigenvalue weighted by Gasteiger charge is 2.18. The third-order valence-corrected chi connectivity index (χ3v) is 8.95. The number of nitrogens with two attached hydrogens (primary N) is 1. The lowest BCUT2D eigenvalue weighted by molar-refractivity contribution is 0.706. The number of aromatic nitrogens is 2. The first kappa shape index (κ1) is 38.3. The van der Waals surface area contributed by atoms with Crippen molar-refractivity contribution in [2.75, 3.05) is 0 Å². The predicted molar refractivity (Wildman–Crippen MR) is 237 cm³/mol. The van der Waals surface area contributed by atoms with Crippen molar-refractivity contribution in [2.45, 2.75) is 26.9 Å².